The molecule has 49 heavy (non-hydrogen) atoms. The highest BCUT2D eigenvalue weighted by Gasteiger charge is 2.71. The van der Waals surface area contributed by atoms with E-state index in [0.29, 0.717) is 25.8 Å². The lowest BCUT2D eigenvalue weighted by molar-refractivity contribution is -0.161. The summed E-state index contributed by atoms with van der Waals surface area (Å²) >= 11 is 0. The molecule has 0 saturated carbocycles. The number of anilines is 1. The van der Waals surface area contributed by atoms with Crippen LogP contribution in [0.5, 0.6) is 0 Å². The molecule has 6 rings (SSSR count). The second kappa shape index (κ2) is 14.7. The van der Waals surface area contributed by atoms with E-state index in [9.17, 15) is 24.3 Å². The largest absolute Gasteiger partial charge is 0.455 e. The van der Waals surface area contributed by atoms with Crippen molar-refractivity contribution in [3.05, 3.63) is 89.5 Å². The maximum atomic E-state index is 14.9. The van der Waals surface area contributed by atoms with Crippen molar-refractivity contribution in [1.29, 1.82) is 0 Å². The van der Waals surface area contributed by atoms with E-state index in [1.54, 1.807) is 22.8 Å². The van der Waals surface area contributed by atoms with Gasteiger partial charge in [0.2, 0.25) is 11.8 Å². The topological polar surface area (TPSA) is 125 Å². The molecule has 3 amide bonds. The quantitative estimate of drug-likeness (QED) is 0.241. The Morgan fingerprint density at radius 2 is 1.73 bits per heavy atom. The SMILES string of the molecule is Cc1ccc(C)c(N2CC=C[C@@]34O[C@H]5/C=C\CCC(=O)N[C@@H](C)[C@H](c6ccccc6)OC(=O)[C@H]5[C@@H]3C(=O)N(CCCCCCO)[C@H]4C2=O)c1. The average Bonchev–Trinajstić information content (AvgIpc) is 3.47. The Labute approximate surface area is 288 Å². The van der Waals surface area contributed by atoms with Gasteiger partial charge in [0.25, 0.3) is 5.91 Å². The summed E-state index contributed by atoms with van der Waals surface area (Å²) in [6.45, 7) is 6.44. The molecule has 4 aliphatic rings. The van der Waals surface area contributed by atoms with Gasteiger partial charge in [0.1, 0.15) is 23.7 Å². The summed E-state index contributed by atoms with van der Waals surface area (Å²) in [7, 11) is 0. The summed E-state index contributed by atoms with van der Waals surface area (Å²) in [5.41, 5.74) is 2.02. The van der Waals surface area contributed by atoms with Crippen molar-refractivity contribution in [2.75, 3.05) is 24.6 Å². The number of ether oxygens (including phenoxy) is 2. The zero-order chi connectivity index (χ0) is 34.7. The third kappa shape index (κ3) is 6.68. The van der Waals surface area contributed by atoms with Crippen LogP contribution in [-0.4, -0.2) is 77.2 Å². The molecular formula is C39H47N3O7. The number of cyclic esters (lactones) is 1. The first-order valence-corrected chi connectivity index (χ1v) is 17.5. The number of aliphatic hydroxyl groups is 1. The monoisotopic (exact) mass is 669 g/mol. The number of aryl methyl sites for hydroxylation is 2. The number of carbonyl (C=O) groups excluding carboxylic acids is 4. The molecule has 4 heterocycles. The van der Waals surface area contributed by atoms with Gasteiger partial charge in [-0.15, -0.1) is 0 Å². The molecule has 2 N–H and O–H groups in total. The lowest BCUT2D eigenvalue weighted by Crippen LogP contribution is -2.55. The number of hydrogen-bond donors (Lipinski definition) is 2. The van der Waals surface area contributed by atoms with Gasteiger partial charge in [-0.05, 0) is 62.8 Å². The number of nitrogens with one attached hydrogen (secondary N) is 1. The number of benzene rings is 2. The Morgan fingerprint density at radius 1 is 0.959 bits per heavy atom. The molecule has 0 unspecified atom stereocenters. The molecule has 0 radical (unpaired) electrons. The zero-order valence-electron chi connectivity index (χ0n) is 28.5. The van der Waals surface area contributed by atoms with Gasteiger partial charge in [-0.3, -0.25) is 19.2 Å². The fraction of sp³-hybridized carbons (Fsp3) is 0.487. The van der Waals surface area contributed by atoms with Crippen molar-refractivity contribution in [1.82, 2.24) is 10.2 Å². The predicted molar refractivity (Wildman–Crippen MR) is 184 cm³/mol. The molecule has 2 aromatic carbocycles. The Bertz CT molecular complexity index is 1620. The van der Waals surface area contributed by atoms with Crippen LogP contribution in [-0.2, 0) is 28.7 Å². The van der Waals surface area contributed by atoms with Crippen molar-refractivity contribution in [2.24, 2.45) is 11.8 Å². The summed E-state index contributed by atoms with van der Waals surface area (Å²) in [5.74, 6) is -3.37. The molecule has 260 valence electrons. The Balaban J connectivity index is 1.42. The molecule has 1 spiro atoms. The van der Waals surface area contributed by atoms with Gasteiger partial charge in [-0.25, -0.2) is 0 Å². The molecule has 0 aliphatic carbocycles. The highest BCUT2D eigenvalue weighted by atomic mass is 16.6. The number of carbonyl (C=O) groups is 4. The number of esters is 1. The predicted octanol–water partition coefficient (Wildman–Crippen LogP) is 4.48. The van der Waals surface area contributed by atoms with Crippen LogP contribution in [0.2, 0.25) is 0 Å². The van der Waals surface area contributed by atoms with Gasteiger partial charge in [-0.2, -0.15) is 0 Å². The first kappa shape index (κ1) is 34.6. The number of hydrogen-bond acceptors (Lipinski definition) is 7. The molecule has 4 aliphatic heterocycles. The number of fused-ring (bicyclic) bond motifs is 2. The molecule has 0 bridgehead atoms. The van der Waals surface area contributed by atoms with Crippen molar-refractivity contribution >= 4 is 29.4 Å². The van der Waals surface area contributed by atoms with Crippen molar-refractivity contribution in [3.63, 3.8) is 0 Å². The summed E-state index contributed by atoms with van der Waals surface area (Å²) in [4.78, 5) is 60.2. The summed E-state index contributed by atoms with van der Waals surface area (Å²) in [6, 6.07) is 13.7. The zero-order valence-corrected chi connectivity index (χ0v) is 28.5. The molecule has 7 atom stereocenters. The lowest BCUT2D eigenvalue weighted by atomic mass is 9.77. The number of likely N-dealkylation sites (tertiary alicyclic amines) is 1. The third-order valence-electron chi connectivity index (χ3n) is 10.3. The van der Waals surface area contributed by atoms with E-state index in [2.05, 4.69) is 5.32 Å². The van der Waals surface area contributed by atoms with Crippen molar-refractivity contribution < 1.29 is 33.8 Å². The summed E-state index contributed by atoms with van der Waals surface area (Å²) < 4.78 is 13.1. The van der Waals surface area contributed by atoms with Gasteiger partial charge in [-0.1, -0.05) is 79.6 Å². The minimum Gasteiger partial charge on any atom is -0.455 e. The minimum atomic E-state index is -1.41. The second-order valence-corrected chi connectivity index (χ2v) is 13.7. The second-order valence-electron chi connectivity index (χ2n) is 13.7. The van der Waals surface area contributed by atoms with Gasteiger partial charge < -0.3 is 29.7 Å². The van der Waals surface area contributed by atoms with E-state index < -0.39 is 47.7 Å². The van der Waals surface area contributed by atoms with Gasteiger partial charge in [0.15, 0.2) is 0 Å². The lowest BCUT2D eigenvalue weighted by Gasteiger charge is -2.36. The van der Waals surface area contributed by atoms with Crippen LogP contribution in [0.25, 0.3) is 0 Å². The molecule has 10 heteroatoms. The highest BCUT2D eigenvalue weighted by Crippen LogP contribution is 2.53. The molecule has 0 aromatic heterocycles. The summed E-state index contributed by atoms with van der Waals surface area (Å²) in [5, 5.41) is 12.3. The maximum Gasteiger partial charge on any atom is 0.313 e. The molecule has 2 aromatic rings. The van der Waals surface area contributed by atoms with E-state index in [1.165, 1.54) is 0 Å². The van der Waals surface area contributed by atoms with Gasteiger partial charge in [0, 0.05) is 31.8 Å². The number of amides is 3. The maximum absolute atomic E-state index is 14.9. The fourth-order valence-corrected chi connectivity index (χ4v) is 7.92. The van der Waals surface area contributed by atoms with Crippen LogP contribution in [0.1, 0.15) is 68.2 Å². The van der Waals surface area contributed by atoms with E-state index in [4.69, 9.17) is 9.47 Å². The highest BCUT2D eigenvalue weighted by molar-refractivity contribution is 6.06. The number of allylic oxidation sites excluding steroid dienone is 1. The standard InChI is InChI=1S/C39H47N3O7/c1-25-18-19-26(2)29(24-25)41-22-13-20-39-33(36(45)42(35(39)37(41)46)21-11-4-5-12-23-43)32-30(49-39)16-9-10-17-31(44)40-27(3)34(48-38(32)47)28-14-7-6-8-15-28/h6-9,13-16,18-20,24,27,30,32-35,43H,4-5,10-12,17,21-23H2,1-3H3,(H,40,44)/b16-9-/t27-,30-,32+,33+,34+,35-,39+/m0/s1. The van der Waals surface area contributed by atoms with Crippen LogP contribution in [0.4, 0.5) is 5.69 Å². The van der Waals surface area contributed by atoms with E-state index in [0.717, 1.165) is 35.2 Å². The Kier molecular flexibility index (Phi) is 10.4. The number of rotatable bonds is 8. The fourth-order valence-electron chi connectivity index (χ4n) is 7.92. The Hall–Kier alpha value is -4.28. The Morgan fingerprint density at radius 3 is 2.51 bits per heavy atom. The smallest absolute Gasteiger partial charge is 0.313 e. The minimum absolute atomic E-state index is 0.101. The molecular weight excluding hydrogens is 622 g/mol. The molecule has 10 nitrogen and oxygen atoms in total. The normalized spacial score (nSPS) is 30.8. The van der Waals surface area contributed by atoms with Crippen LogP contribution in [0.15, 0.2) is 72.8 Å². The van der Waals surface area contributed by atoms with Crippen molar-refractivity contribution in [2.45, 2.75) is 89.2 Å². The first-order valence-electron chi connectivity index (χ1n) is 17.5. The van der Waals surface area contributed by atoms with Gasteiger partial charge in [0.05, 0.1) is 18.1 Å². The third-order valence-corrected chi connectivity index (χ3v) is 10.3. The average molecular weight is 670 g/mol. The van der Waals surface area contributed by atoms with Crippen LogP contribution < -0.4 is 10.2 Å². The summed E-state index contributed by atoms with van der Waals surface area (Å²) in [6.07, 6.45) is 9.15. The number of nitrogens with zero attached hydrogens (tertiary/aromatic N) is 2. The first-order chi connectivity index (χ1) is 23.7. The van der Waals surface area contributed by atoms with Crippen molar-refractivity contribution in [3.8, 4) is 0 Å². The van der Waals surface area contributed by atoms with Crippen LogP contribution in [0, 0.1) is 25.7 Å². The van der Waals surface area contributed by atoms with E-state index in [-0.39, 0.29) is 37.3 Å². The number of unbranched alkanes of at least 4 members (excludes halogenated alkanes) is 3. The molecule has 2 saturated heterocycles. The van der Waals surface area contributed by atoms with Crippen LogP contribution in [0.3, 0.4) is 0 Å². The van der Waals surface area contributed by atoms with E-state index in [1.807, 2.05) is 80.6 Å². The van der Waals surface area contributed by atoms with E-state index >= 15 is 0 Å². The van der Waals surface area contributed by atoms with Crippen LogP contribution >= 0.6 is 0 Å². The van der Waals surface area contributed by atoms with Gasteiger partial charge >= 0.3 is 5.97 Å². The molecule has 2 fully saturated rings. The number of aliphatic hydroxyl groups excluding tert-OH is 1.